The molecule has 3 atom stereocenters. The van der Waals surface area contributed by atoms with Crippen molar-refractivity contribution in [3.8, 4) is 0 Å². The SMILES string of the molecule is CNC(CCCC(C)C)C1CCCCC1C(F)(F)F. The molecule has 4 heteroatoms. The third kappa shape index (κ3) is 5.33. The number of hydrogen-bond donors (Lipinski definition) is 1. The molecule has 1 aliphatic rings. The van der Waals surface area contributed by atoms with E-state index in [9.17, 15) is 13.2 Å². The summed E-state index contributed by atoms with van der Waals surface area (Å²) in [7, 11) is 1.81. The van der Waals surface area contributed by atoms with Gasteiger partial charge < -0.3 is 5.32 Å². The average molecular weight is 279 g/mol. The van der Waals surface area contributed by atoms with Gasteiger partial charge in [0.1, 0.15) is 0 Å². The highest BCUT2D eigenvalue weighted by molar-refractivity contribution is 4.88. The second-order valence-corrected chi connectivity index (χ2v) is 6.32. The van der Waals surface area contributed by atoms with Crippen LogP contribution >= 0.6 is 0 Å². The van der Waals surface area contributed by atoms with Crippen molar-refractivity contribution in [2.24, 2.45) is 17.8 Å². The Hall–Kier alpha value is -0.250. The molecule has 114 valence electrons. The smallest absolute Gasteiger partial charge is 0.317 e. The van der Waals surface area contributed by atoms with Gasteiger partial charge in [-0.15, -0.1) is 0 Å². The molecule has 19 heavy (non-hydrogen) atoms. The lowest BCUT2D eigenvalue weighted by Crippen LogP contribution is -2.44. The minimum absolute atomic E-state index is 0.0191. The van der Waals surface area contributed by atoms with Crippen LogP contribution in [-0.2, 0) is 0 Å². The lowest BCUT2D eigenvalue weighted by atomic mass is 9.73. The molecule has 1 saturated carbocycles. The van der Waals surface area contributed by atoms with E-state index in [2.05, 4.69) is 19.2 Å². The van der Waals surface area contributed by atoms with Crippen molar-refractivity contribution in [3.05, 3.63) is 0 Å². The summed E-state index contributed by atoms with van der Waals surface area (Å²) in [6.07, 6.45) is 1.66. The second-order valence-electron chi connectivity index (χ2n) is 6.32. The van der Waals surface area contributed by atoms with Crippen molar-refractivity contribution < 1.29 is 13.2 Å². The van der Waals surface area contributed by atoms with E-state index in [1.54, 1.807) is 0 Å². The summed E-state index contributed by atoms with van der Waals surface area (Å²) in [5.74, 6) is -0.703. The van der Waals surface area contributed by atoms with Crippen molar-refractivity contribution in [2.45, 2.75) is 71.0 Å². The molecular weight excluding hydrogens is 251 g/mol. The molecule has 1 rings (SSSR count). The summed E-state index contributed by atoms with van der Waals surface area (Å²) in [6, 6.07) is 0.0191. The summed E-state index contributed by atoms with van der Waals surface area (Å²) in [4.78, 5) is 0. The van der Waals surface area contributed by atoms with E-state index in [0.29, 0.717) is 12.3 Å². The van der Waals surface area contributed by atoms with Crippen LogP contribution in [0, 0.1) is 17.8 Å². The number of rotatable bonds is 6. The normalized spacial score (nSPS) is 26.7. The number of hydrogen-bond acceptors (Lipinski definition) is 1. The van der Waals surface area contributed by atoms with Gasteiger partial charge in [0, 0.05) is 6.04 Å². The van der Waals surface area contributed by atoms with Crippen molar-refractivity contribution in [1.29, 1.82) is 0 Å². The zero-order chi connectivity index (χ0) is 14.5. The van der Waals surface area contributed by atoms with Crippen LogP contribution in [-0.4, -0.2) is 19.3 Å². The molecule has 0 radical (unpaired) electrons. The fourth-order valence-electron chi connectivity index (χ4n) is 3.37. The molecule has 0 saturated heterocycles. The highest BCUT2D eigenvalue weighted by Crippen LogP contribution is 2.43. The van der Waals surface area contributed by atoms with Crippen LogP contribution in [0.4, 0.5) is 13.2 Å². The van der Waals surface area contributed by atoms with Crippen LogP contribution in [0.15, 0.2) is 0 Å². The van der Waals surface area contributed by atoms with Crippen molar-refractivity contribution >= 4 is 0 Å². The van der Waals surface area contributed by atoms with Gasteiger partial charge >= 0.3 is 6.18 Å². The first-order chi connectivity index (χ1) is 8.86. The fraction of sp³-hybridized carbons (Fsp3) is 1.00. The van der Waals surface area contributed by atoms with E-state index in [1.165, 1.54) is 0 Å². The van der Waals surface area contributed by atoms with Gasteiger partial charge in [-0.2, -0.15) is 13.2 Å². The third-order valence-electron chi connectivity index (χ3n) is 4.42. The van der Waals surface area contributed by atoms with Gasteiger partial charge in [0.2, 0.25) is 0 Å². The molecule has 3 unspecified atom stereocenters. The van der Waals surface area contributed by atoms with E-state index in [-0.39, 0.29) is 12.0 Å². The zero-order valence-electron chi connectivity index (χ0n) is 12.4. The molecule has 0 aliphatic heterocycles. The van der Waals surface area contributed by atoms with Crippen molar-refractivity contribution in [2.75, 3.05) is 7.05 Å². The predicted octanol–water partition coefficient (Wildman–Crippen LogP) is 4.77. The van der Waals surface area contributed by atoms with Crippen LogP contribution in [0.25, 0.3) is 0 Å². The molecule has 1 fully saturated rings. The van der Waals surface area contributed by atoms with Crippen LogP contribution in [0.5, 0.6) is 0 Å². The molecule has 0 aromatic carbocycles. The van der Waals surface area contributed by atoms with Crippen LogP contribution in [0.2, 0.25) is 0 Å². The maximum absolute atomic E-state index is 13.1. The lowest BCUT2D eigenvalue weighted by molar-refractivity contribution is -0.199. The fourth-order valence-corrected chi connectivity index (χ4v) is 3.37. The Morgan fingerprint density at radius 2 is 1.74 bits per heavy atom. The molecular formula is C15H28F3N. The molecule has 0 spiro atoms. The highest BCUT2D eigenvalue weighted by Gasteiger charge is 2.47. The van der Waals surface area contributed by atoms with E-state index >= 15 is 0 Å². The zero-order valence-corrected chi connectivity index (χ0v) is 12.4. The molecule has 0 aromatic heterocycles. The van der Waals surface area contributed by atoms with Gasteiger partial charge in [0.05, 0.1) is 5.92 Å². The average Bonchev–Trinajstić information content (AvgIpc) is 2.33. The Morgan fingerprint density at radius 3 is 2.26 bits per heavy atom. The summed E-state index contributed by atoms with van der Waals surface area (Å²) in [5, 5.41) is 3.15. The van der Waals surface area contributed by atoms with Crippen LogP contribution < -0.4 is 5.32 Å². The largest absolute Gasteiger partial charge is 0.392 e. The molecule has 0 heterocycles. The summed E-state index contributed by atoms with van der Waals surface area (Å²) >= 11 is 0. The molecule has 0 bridgehead atoms. The Balaban J connectivity index is 2.60. The highest BCUT2D eigenvalue weighted by atomic mass is 19.4. The van der Waals surface area contributed by atoms with Crippen molar-refractivity contribution in [1.82, 2.24) is 5.32 Å². The minimum atomic E-state index is -4.03. The summed E-state index contributed by atoms with van der Waals surface area (Å²) in [5.41, 5.74) is 0. The number of nitrogens with one attached hydrogen (secondary N) is 1. The third-order valence-corrected chi connectivity index (χ3v) is 4.42. The lowest BCUT2D eigenvalue weighted by Gasteiger charge is -2.38. The minimum Gasteiger partial charge on any atom is -0.317 e. The summed E-state index contributed by atoms with van der Waals surface area (Å²) < 4.78 is 39.3. The Labute approximate surface area is 115 Å². The molecule has 0 aromatic rings. The molecule has 1 aliphatic carbocycles. The standard InChI is InChI=1S/C15H28F3N/c1-11(2)7-6-10-14(19-3)12-8-4-5-9-13(12)15(16,17)18/h11-14,19H,4-10H2,1-3H3. The number of alkyl halides is 3. The second kappa shape index (κ2) is 7.51. The van der Waals surface area contributed by atoms with E-state index in [1.807, 2.05) is 7.05 Å². The Bertz CT molecular complexity index is 250. The summed E-state index contributed by atoms with van der Waals surface area (Å²) in [6.45, 7) is 4.32. The van der Waals surface area contributed by atoms with E-state index in [0.717, 1.165) is 38.5 Å². The maximum Gasteiger partial charge on any atom is 0.392 e. The quantitative estimate of drug-likeness (QED) is 0.738. The molecule has 0 amide bonds. The first-order valence-electron chi connectivity index (χ1n) is 7.60. The first-order valence-corrected chi connectivity index (χ1v) is 7.60. The van der Waals surface area contributed by atoms with Gasteiger partial charge in [0.25, 0.3) is 0 Å². The van der Waals surface area contributed by atoms with E-state index in [4.69, 9.17) is 0 Å². The predicted molar refractivity (Wildman–Crippen MR) is 73.0 cm³/mol. The Kier molecular flexibility index (Phi) is 6.64. The first kappa shape index (κ1) is 16.8. The van der Waals surface area contributed by atoms with Gasteiger partial charge in [-0.1, -0.05) is 39.5 Å². The van der Waals surface area contributed by atoms with E-state index < -0.39 is 12.1 Å². The maximum atomic E-state index is 13.1. The van der Waals surface area contributed by atoms with Gasteiger partial charge in [-0.3, -0.25) is 0 Å². The monoisotopic (exact) mass is 279 g/mol. The van der Waals surface area contributed by atoms with Crippen LogP contribution in [0.3, 0.4) is 0 Å². The van der Waals surface area contributed by atoms with Gasteiger partial charge in [-0.05, 0) is 38.1 Å². The molecule has 1 nitrogen and oxygen atoms in total. The Morgan fingerprint density at radius 1 is 1.11 bits per heavy atom. The van der Waals surface area contributed by atoms with Crippen LogP contribution in [0.1, 0.15) is 58.8 Å². The van der Waals surface area contributed by atoms with Gasteiger partial charge in [-0.25, -0.2) is 0 Å². The van der Waals surface area contributed by atoms with Crippen molar-refractivity contribution in [3.63, 3.8) is 0 Å². The number of halogens is 3. The van der Waals surface area contributed by atoms with Gasteiger partial charge in [0.15, 0.2) is 0 Å². The topological polar surface area (TPSA) is 12.0 Å². The molecule has 1 N–H and O–H groups in total.